The summed E-state index contributed by atoms with van der Waals surface area (Å²) in [5, 5.41) is 8.70. The summed E-state index contributed by atoms with van der Waals surface area (Å²) in [6.07, 6.45) is 3.83. The molecule has 15 heavy (non-hydrogen) atoms. The van der Waals surface area contributed by atoms with E-state index in [2.05, 4.69) is 16.0 Å². The molecule has 82 valence electrons. The highest BCUT2D eigenvalue weighted by Crippen LogP contribution is 2.06. The number of carbonyl (C=O) groups excluding carboxylic acids is 1. The van der Waals surface area contributed by atoms with Crippen LogP contribution in [0.25, 0.3) is 0 Å². The Hall–Kier alpha value is -1.49. The number of hydrogen-bond donors (Lipinski definition) is 3. The van der Waals surface area contributed by atoms with Crippen LogP contribution < -0.4 is 16.0 Å². The molecule has 5 heteroatoms. The summed E-state index contributed by atoms with van der Waals surface area (Å²) in [6, 6.07) is 3.62. The van der Waals surface area contributed by atoms with Crippen LogP contribution in [0.2, 0.25) is 0 Å². The maximum absolute atomic E-state index is 11.4. The lowest BCUT2D eigenvalue weighted by molar-refractivity contribution is 0.250. The minimum Gasteiger partial charge on any atom is -0.449 e. The van der Waals surface area contributed by atoms with Gasteiger partial charge in [0.15, 0.2) is 0 Å². The SMILES string of the molecule is O=C(NCC1CCCN1)Nc1ccco1. The molecule has 2 amide bonds. The van der Waals surface area contributed by atoms with Crippen molar-refractivity contribution in [1.82, 2.24) is 10.6 Å². The third-order valence-corrected chi connectivity index (χ3v) is 2.43. The predicted octanol–water partition coefficient (Wildman–Crippen LogP) is 1.15. The molecule has 0 radical (unpaired) electrons. The summed E-state index contributed by atoms with van der Waals surface area (Å²) in [7, 11) is 0. The van der Waals surface area contributed by atoms with Crippen molar-refractivity contribution in [3.63, 3.8) is 0 Å². The molecular formula is C10H15N3O2. The number of rotatable bonds is 3. The number of anilines is 1. The summed E-state index contributed by atoms with van der Waals surface area (Å²) in [5.74, 6) is 0.465. The van der Waals surface area contributed by atoms with Gasteiger partial charge >= 0.3 is 6.03 Å². The average molecular weight is 209 g/mol. The van der Waals surface area contributed by atoms with Gasteiger partial charge in [-0.2, -0.15) is 0 Å². The molecular weight excluding hydrogens is 194 g/mol. The van der Waals surface area contributed by atoms with Crippen molar-refractivity contribution < 1.29 is 9.21 Å². The van der Waals surface area contributed by atoms with E-state index in [4.69, 9.17) is 4.42 Å². The van der Waals surface area contributed by atoms with E-state index in [1.54, 1.807) is 12.1 Å². The Balaban J connectivity index is 1.68. The van der Waals surface area contributed by atoms with Gasteiger partial charge in [0.05, 0.1) is 6.26 Å². The number of amides is 2. The first-order chi connectivity index (χ1) is 7.34. The van der Waals surface area contributed by atoms with Gasteiger partial charge < -0.3 is 15.1 Å². The second-order valence-electron chi connectivity index (χ2n) is 3.61. The minimum atomic E-state index is -0.223. The molecule has 1 aliphatic rings. The van der Waals surface area contributed by atoms with E-state index < -0.39 is 0 Å². The van der Waals surface area contributed by atoms with E-state index in [1.165, 1.54) is 12.7 Å². The maximum Gasteiger partial charge on any atom is 0.321 e. The fraction of sp³-hybridized carbons (Fsp3) is 0.500. The molecule has 5 nitrogen and oxygen atoms in total. The van der Waals surface area contributed by atoms with Gasteiger partial charge in [0, 0.05) is 18.7 Å². The van der Waals surface area contributed by atoms with Gasteiger partial charge in [0.25, 0.3) is 0 Å². The van der Waals surface area contributed by atoms with Gasteiger partial charge in [-0.3, -0.25) is 5.32 Å². The molecule has 0 spiro atoms. The van der Waals surface area contributed by atoms with E-state index in [9.17, 15) is 4.79 Å². The lowest BCUT2D eigenvalue weighted by Crippen LogP contribution is -2.39. The number of nitrogens with one attached hydrogen (secondary N) is 3. The first-order valence-electron chi connectivity index (χ1n) is 5.16. The predicted molar refractivity (Wildman–Crippen MR) is 56.8 cm³/mol. The van der Waals surface area contributed by atoms with Gasteiger partial charge in [-0.1, -0.05) is 0 Å². The monoisotopic (exact) mass is 209 g/mol. The Morgan fingerprint density at radius 3 is 3.27 bits per heavy atom. The van der Waals surface area contributed by atoms with E-state index in [0.717, 1.165) is 13.0 Å². The summed E-state index contributed by atoms with van der Waals surface area (Å²) in [4.78, 5) is 11.4. The normalized spacial score (nSPS) is 20.1. The molecule has 0 aromatic carbocycles. The molecule has 3 N–H and O–H groups in total. The van der Waals surface area contributed by atoms with Gasteiger partial charge in [-0.05, 0) is 25.5 Å². The average Bonchev–Trinajstić information content (AvgIpc) is 2.86. The molecule has 2 heterocycles. The van der Waals surface area contributed by atoms with Crippen LogP contribution in [0.15, 0.2) is 22.8 Å². The van der Waals surface area contributed by atoms with Crippen molar-refractivity contribution in [2.24, 2.45) is 0 Å². The van der Waals surface area contributed by atoms with Crippen molar-refractivity contribution in [2.75, 3.05) is 18.4 Å². The topological polar surface area (TPSA) is 66.3 Å². The molecule has 1 aliphatic heterocycles. The lowest BCUT2D eigenvalue weighted by atomic mass is 10.2. The summed E-state index contributed by atoms with van der Waals surface area (Å²) in [5.41, 5.74) is 0. The fourth-order valence-electron chi connectivity index (χ4n) is 1.65. The zero-order valence-electron chi connectivity index (χ0n) is 8.45. The highest BCUT2D eigenvalue weighted by atomic mass is 16.3. The molecule has 0 saturated carbocycles. The Kier molecular flexibility index (Phi) is 3.24. The smallest absolute Gasteiger partial charge is 0.321 e. The quantitative estimate of drug-likeness (QED) is 0.699. The van der Waals surface area contributed by atoms with Crippen molar-refractivity contribution in [3.8, 4) is 0 Å². The van der Waals surface area contributed by atoms with E-state index >= 15 is 0 Å². The molecule has 0 bridgehead atoms. The highest BCUT2D eigenvalue weighted by molar-refractivity contribution is 5.87. The van der Waals surface area contributed by atoms with Crippen LogP contribution in [0.4, 0.5) is 10.7 Å². The van der Waals surface area contributed by atoms with Gasteiger partial charge in [-0.25, -0.2) is 4.79 Å². The molecule has 1 fully saturated rings. The molecule has 1 saturated heterocycles. The number of carbonyl (C=O) groups is 1. The zero-order chi connectivity index (χ0) is 10.5. The van der Waals surface area contributed by atoms with E-state index in [1.807, 2.05) is 0 Å². The van der Waals surface area contributed by atoms with Crippen LogP contribution in [-0.4, -0.2) is 25.2 Å². The maximum atomic E-state index is 11.4. The first-order valence-corrected chi connectivity index (χ1v) is 5.16. The zero-order valence-corrected chi connectivity index (χ0v) is 8.45. The summed E-state index contributed by atoms with van der Waals surface area (Å²) >= 11 is 0. The Morgan fingerprint density at radius 1 is 1.67 bits per heavy atom. The van der Waals surface area contributed by atoms with Gasteiger partial charge in [-0.15, -0.1) is 0 Å². The second kappa shape index (κ2) is 4.84. The molecule has 2 rings (SSSR count). The summed E-state index contributed by atoms with van der Waals surface area (Å²) in [6.45, 7) is 1.71. The van der Waals surface area contributed by atoms with Crippen molar-refractivity contribution in [3.05, 3.63) is 18.4 Å². The van der Waals surface area contributed by atoms with Crippen molar-refractivity contribution in [1.29, 1.82) is 0 Å². The Labute approximate surface area is 88.2 Å². The van der Waals surface area contributed by atoms with Crippen LogP contribution in [0, 0.1) is 0 Å². The van der Waals surface area contributed by atoms with Gasteiger partial charge in [0.2, 0.25) is 5.88 Å². The third kappa shape index (κ3) is 2.99. The molecule has 1 aromatic heterocycles. The number of hydrogen-bond acceptors (Lipinski definition) is 3. The van der Waals surface area contributed by atoms with Crippen molar-refractivity contribution >= 4 is 11.9 Å². The standard InChI is InChI=1S/C10H15N3O2/c14-10(13-9-4-2-6-15-9)12-7-8-3-1-5-11-8/h2,4,6,8,11H,1,3,5,7H2,(H2,12,13,14). The third-order valence-electron chi connectivity index (χ3n) is 2.43. The van der Waals surface area contributed by atoms with E-state index in [-0.39, 0.29) is 6.03 Å². The van der Waals surface area contributed by atoms with Crippen LogP contribution in [0.5, 0.6) is 0 Å². The lowest BCUT2D eigenvalue weighted by Gasteiger charge is -2.11. The van der Waals surface area contributed by atoms with Crippen LogP contribution in [-0.2, 0) is 0 Å². The molecule has 1 aromatic rings. The first kappa shape index (κ1) is 10.0. The molecule has 1 atom stereocenters. The minimum absolute atomic E-state index is 0.223. The fourth-order valence-corrected chi connectivity index (χ4v) is 1.65. The Bertz CT molecular complexity index is 304. The van der Waals surface area contributed by atoms with Crippen LogP contribution >= 0.6 is 0 Å². The van der Waals surface area contributed by atoms with E-state index in [0.29, 0.717) is 18.5 Å². The molecule has 1 unspecified atom stereocenters. The Morgan fingerprint density at radius 2 is 2.60 bits per heavy atom. The largest absolute Gasteiger partial charge is 0.449 e. The highest BCUT2D eigenvalue weighted by Gasteiger charge is 2.14. The van der Waals surface area contributed by atoms with Crippen LogP contribution in [0.3, 0.4) is 0 Å². The van der Waals surface area contributed by atoms with Crippen LogP contribution in [0.1, 0.15) is 12.8 Å². The van der Waals surface area contributed by atoms with Crippen molar-refractivity contribution in [2.45, 2.75) is 18.9 Å². The second-order valence-corrected chi connectivity index (χ2v) is 3.61. The van der Waals surface area contributed by atoms with Gasteiger partial charge in [0.1, 0.15) is 0 Å². The molecule has 0 aliphatic carbocycles. The summed E-state index contributed by atoms with van der Waals surface area (Å²) < 4.78 is 4.99. The number of furan rings is 1. The number of urea groups is 1.